The van der Waals surface area contributed by atoms with Crippen molar-refractivity contribution in [2.24, 2.45) is 0 Å². The SMILES string of the molecule is CCCCOCCNc1cc(N)cc(F)c1. The first kappa shape index (κ1) is 12.8. The fourth-order valence-electron chi connectivity index (χ4n) is 1.33. The lowest BCUT2D eigenvalue weighted by atomic mass is 10.2. The molecule has 3 N–H and O–H groups in total. The minimum absolute atomic E-state index is 0.325. The number of nitrogens with two attached hydrogens (primary N) is 1. The lowest BCUT2D eigenvalue weighted by molar-refractivity contribution is 0.141. The molecule has 0 spiro atoms. The molecule has 0 aliphatic rings. The molecule has 90 valence electrons. The van der Waals surface area contributed by atoms with Gasteiger partial charge in [-0.3, -0.25) is 0 Å². The average Bonchev–Trinajstić information content (AvgIpc) is 2.22. The first-order valence-corrected chi connectivity index (χ1v) is 5.60. The van der Waals surface area contributed by atoms with Crippen LogP contribution >= 0.6 is 0 Å². The summed E-state index contributed by atoms with van der Waals surface area (Å²) in [5, 5.41) is 3.06. The molecule has 0 radical (unpaired) electrons. The number of hydrogen-bond acceptors (Lipinski definition) is 3. The van der Waals surface area contributed by atoms with Gasteiger partial charge in [0, 0.05) is 24.5 Å². The van der Waals surface area contributed by atoms with Crippen LogP contribution in [0.25, 0.3) is 0 Å². The zero-order valence-corrected chi connectivity index (χ0v) is 9.63. The lowest BCUT2D eigenvalue weighted by Crippen LogP contribution is -2.10. The molecule has 0 fully saturated rings. The summed E-state index contributed by atoms with van der Waals surface area (Å²) in [5.74, 6) is -0.325. The number of ether oxygens (including phenoxy) is 1. The summed E-state index contributed by atoms with van der Waals surface area (Å²) in [6.45, 7) is 4.18. The maximum atomic E-state index is 13.0. The van der Waals surface area contributed by atoms with Gasteiger partial charge in [0.1, 0.15) is 5.82 Å². The van der Waals surface area contributed by atoms with Crippen molar-refractivity contribution in [3.05, 3.63) is 24.0 Å². The Morgan fingerprint density at radius 3 is 2.81 bits per heavy atom. The number of rotatable bonds is 7. The van der Waals surface area contributed by atoms with Gasteiger partial charge >= 0.3 is 0 Å². The van der Waals surface area contributed by atoms with Crippen LogP contribution in [0.5, 0.6) is 0 Å². The molecule has 0 saturated carbocycles. The maximum absolute atomic E-state index is 13.0. The second-order valence-electron chi connectivity index (χ2n) is 3.67. The second kappa shape index (κ2) is 7.06. The van der Waals surface area contributed by atoms with Gasteiger partial charge in [-0.25, -0.2) is 4.39 Å². The molecule has 3 nitrogen and oxygen atoms in total. The Labute approximate surface area is 95.8 Å². The predicted octanol–water partition coefficient (Wildman–Crippen LogP) is 2.64. The van der Waals surface area contributed by atoms with Crippen LogP contribution < -0.4 is 11.1 Å². The Balaban J connectivity index is 2.21. The minimum atomic E-state index is -0.325. The Morgan fingerprint density at radius 2 is 2.12 bits per heavy atom. The van der Waals surface area contributed by atoms with Crippen LogP contribution in [-0.2, 0) is 4.74 Å². The number of anilines is 2. The highest BCUT2D eigenvalue weighted by Gasteiger charge is 1.97. The molecule has 1 aromatic rings. The zero-order valence-electron chi connectivity index (χ0n) is 9.63. The molecule has 0 saturated heterocycles. The molecule has 0 bridgehead atoms. The van der Waals surface area contributed by atoms with Crippen LogP contribution in [0.1, 0.15) is 19.8 Å². The van der Waals surface area contributed by atoms with Crippen LogP contribution in [0.4, 0.5) is 15.8 Å². The van der Waals surface area contributed by atoms with Gasteiger partial charge in [0.05, 0.1) is 6.61 Å². The van der Waals surface area contributed by atoms with Gasteiger partial charge in [-0.1, -0.05) is 13.3 Å². The molecule has 16 heavy (non-hydrogen) atoms. The summed E-state index contributed by atoms with van der Waals surface area (Å²) in [6, 6.07) is 4.42. The van der Waals surface area contributed by atoms with E-state index >= 15 is 0 Å². The third-order valence-electron chi connectivity index (χ3n) is 2.14. The third-order valence-corrected chi connectivity index (χ3v) is 2.14. The van der Waals surface area contributed by atoms with E-state index in [1.54, 1.807) is 6.07 Å². The normalized spacial score (nSPS) is 10.4. The first-order chi connectivity index (χ1) is 7.72. The Hall–Kier alpha value is -1.29. The largest absolute Gasteiger partial charge is 0.399 e. The van der Waals surface area contributed by atoms with Crippen molar-refractivity contribution in [2.75, 3.05) is 30.8 Å². The Bertz CT molecular complexity index is 298. The van der Waals surface area contributed by atoms with Gasteiger partial charge in [0.15, 0.2) is 0 Å². The summed E-state index contributed by atoms with van der Waals surface area (Å²) in [5.41, 5.74) is 6.63. The van der Waals surface area contributed by atoms with E-state index in [9.17, 15) is 4.39 Å². The third kappa shape index (κ3) is 4.98. The number of nitrogens with one attached hydrogen (secondary N) is 1. The quantitative estimate of drug-likeness (QED) is 0.555. The zero-order chi connectivity index (χ0) is 11.8. The van der Waals surface area contributed by atoms with Crippen molar-refractivity contribution in [1.82, 2.24) is 0 Å². The van der Waals surface area contributed by atoms with E-state index in [0.717, 1.165) is 19.4 Å². The van der Waals surface area contributed by atoms with Crippen molar-refractivity contribution in [3.63, 3.8) is 0 Å². The summed E-state index contributed by atoms with van der Waals surface area (Å²) in [7, 11) is 0. The van der Waals surface area contributed by atoms with Crippen molar-refractivity contribution in [3.8, 4) is 0 Å². The first-order valence-electron chi connectivity index (χ1n) is 5.60. The van der Waals surface area contributed by atoms with Crippen LogP contribution in [0.3, 0.4) is 0 Å². The predicted molar refractivity (Wildman–Crippen MR) is 65.0 cm³/mol. The van der Waals surface area contributed by atoms with Crippen molar-refractivity contribution in [2.45, 2.75) is 19.8 Å². The molecular weight excluding hydrogens is 207 g/mol. The number of halogens is 1. The monoisotopic (exact) mass is 226 g/mol. The fourth-order valence-corrected chi connectivity index (χ4v) is 1.33. The summed E-state index contributed by atoms with van der Waals surface area (Å²) in [4.78, 5) is 0. The highest BCUT2D eigenvalue weighted by atomic mass is 19.1. The van der Waals surface area contributed by atoms with E-state index in [1.807, 2.05) is 0 Å². The van der Waals surface area contributed by atoms with Gasteiger partial charge in [0.25, 0.3) is 0 Å². The molecule has 0 aromatic heterocycles. The van der Waals surface area contributed by atoms with Gasteiger partial charge in [-0.15, -0.1) is 0 Å². The molecule has 0 unspecified atom stereocenters. The standard InChI is InChI=1S/C12H19FN2O/c1-2-3-5-16-6-4-15-12-8-10(13)7-11(14)9-12/h7-9,15H,2-6,14H2,1H3. The molecule has 0 aliphatic carbocycles. The van der Waals surface area contributed by atoms with Gasteiger partial charge in [0.2, 0.25) is 0 Å². The molecule has 0 heterocycles. The number of unbranched alkanes of at least 4 members (excludes halogenated alkanes) is 1. The maximum Gasteiger partial charge on any atom is 0.127 e. The van der Waals surface area contributed by atoms with Crippen LogP contribution in [-0.4, -0.2) is 19.8 Å². The average molecular weight is 226 g/mol. The molecule has 4 heteroatoms. The molecule has 0 amide bonds. The van der Waals surface area contributed by atoms with Crippen LogP contribution in [0.2, 0.25) is 0 Å². The number of hydrogen-bond donors (Lipinski definition) is 2. The van der Waals surface area contributed by atoms with E-state index < -0.39 is 0 Å². The van der Waals surface area contributed by atoms with E-state index in [1.165, 1.54) is 12.1 Å². The second-order valence-corrected chi connectivity index (χ2v) is 3.67. The van der Waals surface area contributed by atoms with E-state index in [4.69, 9.17) is 10.5 Å². The molecule has 1 rings (SSSR count). The fraction of sp³-hybridized carbons (Fsp3) is 0.500. The topological polar surface area (TPSA) is 47.3 Å². The highest BCUT2D eigenvalue weighted by Crippen LogP contribution is 2.14. The van der Waals surface area contributed by atoms with E-state index in [0.29, 0.717) is 24.5 Å². The molecule has 0 atom stereocenters. The van der Waals surface area contributed by atoms with Crippen molar-refractivity contribution in [1.29, 1.82) is 0 Å². The summed E-state index contributed by atoms with van der Waals surface area (Å²) in [6.07, 6.45) is 2.21. The Morgan fingerprint density at radius 1 is 1.31 bits per heavy atom. The molecule has 0 aliphatic heterocycles. The highest BCUT2D eigenvalue weighted by molar-refractivity contribution is 5.54. The summed E-state index contributed by atoms with van der Waals surface area (Å²) < 4.78 is 18.3. The number of nitrogen functional groups attached to an aromatic ring is 1. The smallest absolute Gasteiger partial charge is 0.127 e. The Kier molecular flexibility index (Phi) is 5.64. The minimum Gasteiger partial charge on any atom is -0.399 e. The lowest BCUT2D eigenvalue weighted by Gasteiger charge is -2.08. The molecular formula is C12H19FN2O. The van der Waals surface area contributed by atoms with Gasteiger partial charge < -0.3 is 15.8 Å². The molecule has 1 aromatic carbocycles. The van der Waals surface area contributed by atoms with Gasteiger partial charge in [-0.05, 0) is 24.6 Å². The number of benzene rings is 1. The van der Waals surface area contributed by atoms with Crippen molar-refractivity contribution < 1.29 is 9.13 Å². The van der Waals surface area contributed by atoms with Crippen LogP contribution in [0.15, 0.2) is 18.2 Å². The van der Waals surface area contributed by atoms with Crippen LogP contribution in [0, 0.1) is 5.82 Å². The van der Waals surface area contributed by atoms with Gasteiger partial charge in [-0.2, -0.15) is 0 Å². The van der Waals surface area contributed by atoms with E-state index in [-0.39, 0.29) is 5.82 Å². The summed E-state index contributed by atoms with van der Waals surface area (Å²) >= 11 is 0. The van der Waals surface area contributed by atoms with E-state index in [2.05, 4.69) is 12.2 Å². The van der Waals surface area contributed by atoms with Crippen molar-refractivity contribution >= 4 is 11.4 Å².